The highest BCUT2D eigenvalue weighted by atomic mass is 35.5. The van der Waals surface area contributed by atoms with E-state index in [2.05, 4.69) is 28.5 Å². The smallest absolute Gasteiger partial charge is 0.147 e. The van der Waals surface area contributed by atoms with Gasteiger partial charge in [-0.1, -0.05) is 66.2 Å². The molecular formula is C24H25Cl2FN2. The van der Waals surface area contributed by atoms with Gasteiger partial charge in [0, 0.05) is 36.2 Å². The monoisotopic (exact) mass is 430 g/mol. The minimum absolute atomic E-state index is 0.0122. The Labute approximate surface area is 182 Å². The van der Waals surface area contributed by atoms with Gasteiger partial charge in [0.15, 0.2) is 0 Å². The van der Waals surface area contributed by atoms with Crippen LogP contribution >= 0.6 is 23.2 Å². The summed E-state index contributed by atoms with van der Waals surface area (Å²) in [7, 11) is 0. The number of piperazine rings is 1. The Kier molecular flexibility index (Phi) is 7.54. The van der Waals surface area contributed by atoms with E-state index in [4.69, 9.17) is 23.2 Å². The van der Waals surface area contributed by atoms with Crippen LogP contribution in [0.25, 0.3) is 0 Å². The molecule has 1 aliphatic rings. The predicted octanol–water partition coefficient (Wildman–Crippen LogP) is 6.68. The Morgan fingerprint density at radius 1 is 1.14 bits per heavy atom. The van der Waals surface area contributed by atoms with Crippen LogP contribution in [-0.2, 0) is 0 Å². The zero-order valence-electron chi connectivity index (χ0n) is 16.5. The molecule has 0 bridgehead atoms. The van der Waals surface area contributed by atoms with E-state index in [1.54, 1.807) is 18.2 Å². The van der Waals surface area contributed by atoms with E-state index in [1.165, 1.54) is 11.6 Å². The zero-order chi connectivity index (χ0) is 20.8. The minimum atomic E-state index is -0.298. The lowest BCUT2D eigenvalue weighted by Crippen LogP contribution is -2.49. The Bertz CT molecular complexity index is 906. The highest BCUT2D eigenvalue weighted by molar-refractivity contribution is 6.30. The van der Waals surface area contributed by atoms with Gasteiger partial charge in [-0.3, -0.25) is 4.90 Å². The van der Waals surface area contributed by atoms with Crippen LogP contribution in [0.2, 0.25) is 10.0 Å². The quantitative estimate of drug-likeness (QED) is 0.471. The van der Waals surface area contributed by atoms with Crippen molar-refractivity contribution in [1.82, 2.24) is 4.90 Å². The molecule has 29 heavy (non-hydrogen) atoms. The number of rotatable bonds is 6. The summed E-state index contributed by atoms with van der Waals surface area (Å²) in [6.45, 7) is 8.95. The fourth-order valence-electron chi connectivity index (χ4n) is 3.65. The number of hydrogen-bond donors (Lipinski definition) is 0. The van der Waals surface area contributed by atoms with E-state index >= 15 is 0 Å². The lowest BCUT2D eigenvalue weighted by atomic mass is 10.0. The second-order valence-electron chi connectivity index (χ2n) is 7.05. The molecule has 3 rings (SSSR count). The molecule has 1 atom stereocenters. The molecule has 1 aliphatic heterocycles. The topological polar surface area (TPSA) is 6.48 Å². The van der Waals surface area contributed by atoms with Gasteiger partial charge in [0.25, 0.3) is 0 Å². The van der Waals surface area contributed by atoms with Crippen molar-refractivity contribution in [2.75, 3.05) is 31.1 Å². The number of nitrogens with zero attached hydrogens (tertiary/aromatic N) is 2. The van der Waals surface area contributed by atoms with E-state index < -0.39 is 0 Å². The summed E-state index contributed by atoms with van der Waals surface area (Å²) in [6, 6.07) is 12.7. The normalized spacial score (nSPS) is 18.4. The van der Waals surface area contributed by atoms with Gasteiger partial charge in [0.2, 0.25) is 0 Å². The zero-order valence-corrected chi connectivity index (χ0v) is 18.0. The molecule has 1 heterocycles. The predicted molar refractivity (Wildman–Crippen MR) is 122 cm³/mol. The lowest BCUT2D eigenvalue weighted by molar-refractivity contribution is 0.240. The average molecular weight is 431 g/mol. The average Bonchev–Trinajstić information content (AvgIpc) is 2.72. The second kappa shape index (κ2) is 10.1. The SMILES string of the molecule is C=C/C=C\C(=C/C)CN1CCN(c2ccc(Cl)cc2F)[C@H](c2ccc(Cl)cc2)C1. The molecule has 0 amide bonds. The third-order valence-electron chi connectivity index (χ3n) is 5.16. The van der Waals surface area contributed by atoms with E-state index in [1.807, 2.05) is 37.3 Å². The Morgan fingerprint density at radius 2 is 1.86 bits per heavy atom. The first-order valence-corrected chi connectivity index (χ1v) is 10.4. The molecule has 0 N–H and O–H groups in total. The van der Waals surface area contributed by atoms with Crippen molar-refractivity contribution in [2.24, 2.45) is 0 Å². The van der Waals surface area contributed by atoms with Crippen LogP contribution in [0.5, 0.6) is 0 Å². The summed E-state index contributed by atoms with van der Waals surface area (Å²) < 4.78 is 14.7. The molecule has 1 fully saturated rings. The first-order valence-electron chi connectivity index (χ1n) is 9.65. The molecule has 5 heteroatoms. The van der Waals surface area contributed by atoms with Crippen LogP contribution in [0.4, 0.5) is 10.1 Å². The van der Waals surface area contributed by atoms with E-state index in [0.29, 0.717) is 22.3 Å². The molecule has 2 aromatic carbocycles. The molecule has 0 spiro atoms. The van der Waals surface area contributed by atoms with E-state index in [0.717, 1.165) is 25.2 Å². The lowest BCUT2D eigenvalue weighted by Gasteiger charge is -2.43. The van der Waals surface area contributed by atoms with Crippen molar-refractivity contribution in [3.8, 4) is 0 Å². The maximum absolute atomic E-state index is 14.7. The molecule has 2 nitrogen and oxygen atoms in total. The van der Waals surface area contributed by atoms with Gasteiger partial charge in [-0.25, -0.2) is 4.39 Å². The fourth-order valence-corrected chi connectivity index (χ4v) is 3.93. The van der Waals surface area contributed by atoms with Gasteiger partial charge < -0.3 is 4.90 Å². The number of hydrogen-bond acceptors (Lipinski definition) is 2. The minimum Gasteiger partial charge on any atom is -0.360 e. The molecule has 2 aromatic rings. The third kappa shape index (κ3) is 5.51. The molecule has 1 saturated heterocycles. The van der Waals surface area contributed by atoms with Crippen molar-refractivity contribution >= 4 is 28.9 Å². The summed E-state index contributed by atoms with van der Waals surface area (Å²) in [5.74, 6) is -0.298. The Balaban J connectivity index is 1.89. The molecular weight excluding hydrogens is 406 g/mol. The van der Waals surface area contributed by atoms with Gasteiger partial charge >= 0.3 is 0 Å². The van der Waals surface area contributed by atoms with E-state index in [-0.39, 0.29) is 11.9 Å². The van der Waals surface area contributed by atoms with Crippen LogP contribution in [0.15, 0.2) is 78.9 Å². The van der Waals surface area contributed by atoms with Crippen molar-refractivity contribution < 1.29 is 4.39 Å². The first kappa shape index (κ1) is 21.6. The van der Waals surface area contributed by atoms with Crippen molar-refractivity contribution in [3.63, 3.8) is 0 Å². The number of benzene rings is 2. The Morgan fingerprint density at radius 3 is 2.52 bits per heavy atom. The fraction of sp³-hybridized carbons (Fsp3) is 0.250. The molecule has 0 aliphatic carbocycles. The molecule has 0 aromatic heterocycles. The highest BCUT2D eigenvalue weighted by Gasteiger charge is 2.30. The molecule has 152 valence electrons. The summed E-state index contributed by atoms with van der Waals surface area (Å²) in [6.07, 6.45) is 7.92. The Hall–Kier alpha value is -2.07. The summed E-state index contributed by atoms with van der Waals surface area (Å²) >= 11 is 12.1. The van der Waals surface area contributed by atoms with Crippen molar-refractivity contribution in [3.05, 3.63) is 100 Å². The molecule has 0 radical (unpaired) electrons. The first-order chi connectivity index (χ1) is 14.0. The number of anilines is 1. The maximum Gasteiger partial charge on any atom is 0.147 e. The van der Waals surface area contributed by atoms with Gasteiger partial charge in [-0.2, -0.15) is 0 Å². The van der Waals surface area contributed by atoms with Gasteiger partial charge in [-0.05, 0) is 48.4 Å². The standard InChI is InChI=1S/C24H25Cl2FN2/c1-3-5-6-18(4-2)16-28-13-14-29(23-12-11-21(26)15-22(23)27)24(17-28)19-7-9-20(25)10-8-19/h3-12,15,24H,1,13-14,16-17H2,2H3/b6-5-,18-4+/t24-/m0/s1. The highest BCUT2D eigenvalue weighted by Crippen LogP contribution is 2.34. The third-order valence-corrected chi connectivity index (χ3v) is 5.65. The molecule has 0 saturated carbocycles. The molecule has 0 unspecified atom stereocenters. The number of halogens is 3. The second-order valence-corrected chi connectivity index (χ2v) is 7.92. The van der Waals surface area contributed by atoms with Crippen LogP contribution < -0.4 is 4.90 Å². The van der Waals surface area contributed by atoms with Crippen molar-refractivity contribution in [2.45, 2.75) is 13.0 Å². The summed E-state index contributed by atoms with van der Waals surface area (Å²) in [5.41, 5.74) is 2.91. The van der Waals surface area contributed by atoms with Crippen LogP contribution in [0.1, 0.15) is 18.5 Å². The summed E-state index contributed by atoms with van der Waals surface area (Å²) in [4.78, 5) is 4.52. The van der Waals surface area contributed by atoms with Crippen LogP contribution in [0.3, 0.4) is 0 Å². The largest absolute Gasteiger partial charge is 0.360 e. The number of allylic oxidation sites excluding steroid dienone is 3. The van der Waals surface area contributed by atoms with Crippen molar-refractivity contribution in [1.29, 1.82) is 0 Å². The summed E-state index contributed by atoms with van der Waals surface area (Å²) in [5, 5.41) is 1.09. The van der Waals surface area contributed by atoms with Gasteiger partial charge in [0.05, 0.1) is 11.7 Å². The maximum atomic E-state index is 14.7. The van der Waals surface area contributed by atoms with Crippen LogP contribution in [0, 0.1) is 5.82 Å². The van der Waals surface area contributed by atoms with Crippen LogP contribution in [-0.4, -0.2) is 31.1 Å². The van der Waals surface area contributed by atoms with E-state index in [9.17, 15) is 4.39 Å². The van der Waals surface area contributed by atoms with Gasteiger partial charge in [0.1, 0.15) is 5.82 Å². The van der Waals surface area contributed by atoms with Gasteiger partial charge in [-0.15, -0.1) is 0 Å².